The van der Waals surface area contributed by atoms with E-state index in [2.05, 4.69) is 12.1 Å². The Hall–Kier alpha value is -3.80. The van der Waals surface area contributed by atoms with Gasteiger partial charge in [-0.15, -0.1) is 0 Å². The van der Waals surface area contributed by atoms with Gasteiger partial charge in [0, 0.05) is 19.8 Å². The van der Waals surface area contributed by atoms with Crippen molar-refractivity contribution >= 4 is 5.69 Å². The molecule has 0 bridgehead atoms. The van der Waals surface area contributed by atoms with E-state index in [0.717, 1.165) is 11.3 Å². The second-order valence-electron chi connectivity index (χ2n) is 7.08. The summed E-state index contributed by atoms with van der Waals surface area (Å²) < 4.78 is 0. The lowest BCUT2D eigenvalue weighted by Gasteiger charge is -2.26. The van der Waals surface area contributed by atoms with Crippen molar-refractivity contribution < 1.29 is 0 Å². The van der Waals surface area contributed by atoms with Crippen LogP contribution < -0.4 is 4.90 Å². The van der Waals surface area contributed by atoms with Crippen LogP contribution in [0.1, 0.15) is 39.3 Å². The number of benzene rings is 2. The minimum Gasteiger partial charge on any atom is -0.378 e. The van der Waals surface area contributed by atoms with Crippen molar-refractivity contribution in [1.29, 1.82) is 21.0 Å². The maximum Gasteiger partial charge on any atom is 0.194 e. The van der Waals surface area contributed by atoms with E-state index in [1.54, 1.807) is 26.0 Å². The Morgan fingerprint density at radius 1 is 0.786 bits per heavy atom. The summed E-state index contributed by atoms with van der Waals surface area (Å²) in [4.78, 5) is 1.96. The molecule has 0 N–H and O–H groups in total. The molecule has 2 aromatic rings. The zero-order valence-electron chi connectivity index (χ0n) is 16.7. The molecule has 0 saturated heterocycles. The highest BCUT2D eigenvalue weighted by Gasteiger charge is 2.38. The highest BCUT2D eigenvalue weighted by Crippen LogP contribution is 2.38. The molecule has 0 saturated carbocycles. The van der Waals surface area contributed by atoms with Gasteiger partial charge in [0.25, 0.3) is 0 Å². The van der Waals surface area contributed by atoms with Gasteiger partial charge in [-0.2, -0.15) is 21.0 Å². The molecule has 0 amide bonds. The second-order valence-corrected chi connectivity index (χ2v) is 7.08. The van der Waals surface area contributed by atoms with Gasteiger partial charge in [-0.05, 0) is 66.3 Å². The van der Waals surface area contributed by atoms with Crippen molar-refractivity contribution in [3.8, 4) is 24.3 Å². The molecule has 0 fully saturated rings. The molecular weight excluding hydrogens is 346 g/mol. The fourth-order valence-corrected chi connectivity index (χ4v) is 3.48. The molecule has 5 nitrogen and oxygen atoms in total. The van der Waals surface area contributed by atoms with Gasteiger partial charge in [-0.1, -0.05) is 18.2 Å². The molecule has 138 valence electrons. The molecule has 2 rings (SSSR count). The molecular formula is C23H21N5. The first-order valence-corrected chi connectivity index (χ1v) is 8.77. The molecule has 0 unspecified atom stereocenters. The van der Waals surface area contributed by atoms with Crippen molar-refractivity contribution in [3.63, 3.8) is 0 Å². The zero-order chi connectivity index (χ0) is 21.1. The van der Waals surface area contributed by atoms with Gasteiger partial charge in [0.1, 0.15) is 0 Å². The second kappa shape index (κ2) is 7.84. The molecule has 0 atom stereocenters. The van der Waals surface area contributed by atoms with Gasteiger partial charge >= 0.3 is 0 Å². The SMILES string of the molecule is Cc1cc(C(C#N)(C#N)c2ccc(N(C)C)cc2C)c(C)cc1C(C#N)C#N. The van der Waals surface area contributed by atoms with Crippen LogP contribution in [0.2, 0.25) is 0 Å². The van der Waals surface area contributed by atoms with Gasteiger partial charge in [0.15, 0.2) is 11.3 Å². The lowest BCUT2D eigenvalue weighted by molar-refractivity contribution is 0.824. The van der Waals surface area contributed by atoms with E-state index in [1.807, 2.05) is 56.3 Å². The Morgan fingerprint density at radius 2 is 1.36 bits per heavy atom. The fraction of sp³-hybridized carbons (Fsp3) is 0.304. The molecule has 0 spiro atoms. The highest BCUT2D eigenvalue weighted by atomic mass is 15.1. The summed E-state index contributed by atoms with van der Waals surface area (Å²) in [5, 5.41) is 38.6. The average Bonchev–Trinajstić information content (AvgIpc) is 2.68. The van der Waals surface area contributed by atoms with E-state index in [0.29, 0.717) is 27.8 Å². The third-order valence-corrected chi connectivity index (χ3v) is 5.05. The van der Waals surface area contributed by atoms with Gasteiger partial charge in [-0.25, -0.2) is 0 Å². The Bertz CT molecular complexity index is 1060. The van der Waals surface area contributed by atoms with Crippen LogP contribution in [0.25, 0.3) is 0 Å². The van der Waals surface area contributed by atoms with Crippen LogP contribution in [0.15, 0.2) is 30.3 Å². The molecule has 5 heteroatoms. The monoisotopic (exact) mass is 367 g/mol. The van der Waals surface area contributed by atoms with E-state index in [4.69, 9.17) is 0 Å². The van der Waals surface area contributed by atoms with E-state index in [1.165, 1.54) is 0 Å². The van der Waals surface area contributed by atoms with Gasteiger partial charge in [0.05, 0.1) is 24.3 Å². The normalized spacial score (nSPS) is 10.5. The highest BCUT2D eigenvalue weighted by molar-refractivity contribution is 5.62. The lowest BCUT2D eigenvalue weighted by Crippen LogP contribution is -2.26. The number of nitriles is 4. The van der Waals surface area contributed by atoms with Crippen LogP contribution in [-0.4, -0.2) is 14.1 Å². The van der Waals surface area contributed by atoms with Crippen molar-refractivity contribution in [2.75, 3.05) is 19.0 Å². The Kier molecular flexibility index (Phi) is 5.74. The molecule has 0 aliphatic heterocycles. The van der Waals surface area contributed by atoms with Crippen LogP contribution in [0.3, 0.4) is 0 Å². The van der Waals surface area contributed by atoms with Crippen molar-refractivity contribution in [3.05, 3.63) is 63.7 Å². The summed E-state index contributed by atoms with van der Waals surface area (Å²) in [7, 11) is 3.87. The minimum absolute atomic E-state index is 0.578. The first-order chi connectivity index (χ1) is 13.2. The predicted octanol–water partition coefficient (Wildman–Crippen LogP) is 4.14. The van der Waals surface area contributed by atoms with Crippen LogP contribution in [0, 0.1) is 66.1 Å². The number of hydrogen-bond acceptors (Lipinski definition) is 5. The molecule has 28 heavy (non-hydrogen) atoms. The zero-order valence-corrected chi connectivity index (χ0v) is 16.7. The maximum atomic E-state index is 10.1. The first kappa shape index (κ1) is 20.5. The molecule has 0 aromatic heterocycles. The minimum atomic E-state index is -1.48. The van der Waals surface area contributed by atoms with Gasteiger partial charge in [-0.3, -0.25) is 0 Å². The van der Waals surface area contributed by atoms with Crippen LogP contribution in [0.5, 0.6) is 0 Å². The van der Waals surface area contributed by atoms with Crippen LogP contribution in [0.4, 0.5) is 5.69 Å². The van der Waals surface area contributed by atoms with Gasteiger partial charge in [0.2, 0.25) is 0 Å². The summed E-state index contributed by atoms with van der Waals surface area (Å²) in [5.74, 6) is -0.882. The van der Waals surface area contributed by atoms with Gasteiger partial charge < -0.3 is 4.90 Å². The number of nitrogens with zero attached hydrogens (tertiary/aromatic N) is 5. The van der Waals surface area contributed by atoms with E-state index < -0.39 is 11.3 Å². The van der Waals surface area contributed by atoms with E-state index in [9.17, 15) is 21.0 Å². The topological polar surface area (TPSA) is 98.4 Å². The lowest BCUT2D eigenvalue weighted by atomic mass is 9.72. The number of aryl methyl sites for hydroxylation is 3. The summed E-state index contributed by atoms with van der Waals surface area (Å²) in [6.45, 7) is 5.49. The number of rotatable bonds is 4. The largest absolute Gasteiger partial charge is 0.378 e. The number of anilines is 1. The third kappa shape index (κ3) is 3.27. The standard InChI is InChI=1S/C23H21N5/c1-15-10-22(17(3)9-20(15)18(11-24)12-25)23(13-26,14-27)21-7-6-19(28(4)5)8-16(21)2/h6-10,18H,1-5H3. The smallest absolute Gasteiger partial charge is 0.194 e. The summed E-state index contributed by atoms with van der Waals surface area (Å²) >= 11 is 0. The third-order valence-electron chi connectivity index (χ3n) is 5.05. The van der Waals surface area contributed by atoms with Crippen molar-refractivity contribution in [1.82, 2.24) is 0 Å². The van der Waals surface area contributed by atoms with Crippen LogP contribution in [-0.2, 0) is 5.41 Å². The number of hydrogen-bond donors (Lipinski definition) is 0. The van der Waals surface area contributed by atoms with Crippen molar-refractivity contribution in [2.45, 2.75) is 32.1 Å². The Balaban J connectivity index is 2.77. The molecule has 2 aromatic carbocycles. The molecule has 0 aliphatic carbocycles. The summed E-state index contributed by atoms with van der Waals surface area (Å²) in [5.41, 5.74) is 3.60. The van der Waals surface area contributed by atoms with Crippen molar-refractivity contribution in [2.24, 2.45) is 0 Å². The fourth-order valence-electron chi connectivity index (χ4n) is 3.48. The van der Waals surface area contributed by atoms with E-state index >= 15 is 0 Å². The summed E-state index contributed by atoms with van der Waals surface area (Å²) in [6.07, 6.45) is 0. The summed E-state index contributed by atoms with van der Waals surface area (Å²) in [6, 6.07) is 17.6. The molecule has 0 heterocycles. The predicted molar refractivity (Wildman–Crippen MR) is 107 cm³/mol. The molecule has 0 radical (unpaired) electrons. The first-order valence-electron chi connectivity index (χ1n) is 8.77. The Labute approximate surface area is 166 Å². The van der Waals surface area contributed by atoms with Crippen LogP contribution >= 0.6 is 0 Å². The molecule has 0 aliphatic rings. The average molecular weight is 367 g/mol. The quantitative estimate of drug-likeness (QED) is 0.808. The maximum absolute atomic E-state index is 10.1. The van der Waals surface area contributed by atoms with E-state index in [-0.39, 0.29) is 0 Å². The Morgan fingerprint density at radius 3 is 1.82 bits per heavy atom.